The number of carbonyl (C=O) groups is 2. The summed E-state index contributed by atoms with van der Waals surface area (Å²) in [6.07, 6.45) is 38.6. The van der Waals surface area contributed by atoms with Crippen LogP contribution < -0.4 is 5.73 Å². The zero-order chi connectivity index (χ0) is 36.1. The van der Waals surface area contributed by atoms with Crippen molar-refractivity contribution in [2.24, 2.45) is 5.73 Å². The van der Waals surface area contributed by atoms with Gasteiger partial charge in [0.25, 0.3) is 0 Å². The molecular formula is C39H70NO8P. The molecule has 0 saturated heterocycles. The van der Waals surface area contributed by atoms with Crippen LogP contribution in [-0.2, 0) is 32.7 Å². The normalized spacial score (nSPS) is 14.0. The standard InChI is InChI=1S/C39H70NO8P/c1-3-5-7-9-11-13-15-17-18-20-21-23-25-27-29-31-38(41)45-35-37(36-47-49(43,44)46-34-33-40)48-39(42)32-30-28-26-24-22-19-16-14-12-10-8-6-4-2/h6,8,12,14,17-19,22,37H,3-5,7,9-11,13,15-16,20-21,23-36,40H2,1-2H3,(H,43,44)/b8-6-,14-12-,18-17-,22-19-. The van der Waals surface area contributed by atoms with Crippen LogP contribution in [0.5, 0.6) is 0 Å². The summed E-state index contributed by atoms with van der Waals surface area (Å²) in [5.74, 6) is -0.877. The fraction of sp³-hybridized carbons (Fsp3) is 0.744. The number of rotatable bonds is 35. The van der Waals surface area contributed by atoms with Crippen LogP contribution in [0.15, 0.2) is 48.6 Å². The summed E-state index contributed by atoms with van der Waals surface area (Å²) < 4.78 is 32.6. The lowest BCUT2D eigenvalue weighted by atomic mass is 10.1. The minimum absolute atomic E-state index is 0.0457. The van der Waals surface area contributed by atoms with E-state index in [0.717, 1.165) is 77.0 Å². The number of nitrogens with two attached hydrogens (primary N) is 1. The predicted octanol–water partition coefficient (Wildman–Crippen LogP) is 10.4. The summed E-state index contributed by atoms with van der Waals surface area (Å²) in [6.45, 7) is 3.54. The van der Waals surface area contributed by atoms with Gasteiger partial charge >= 0.3 is 19.8 Å². The van der Waals surface area contributed by atoms with E-state index in [9.17, 15) is 19.0 Å². The lowest BCUT2D eigenvalue weighted by molar-refractivity contribution is -0.161. The lowest BCUT2D eigenvalue weighted by Gasteiger charge is -2.19. The number of unbranched alkanes of at least 4 members (excludes halogenated alkanes) is 14. The van der Waals surface area contributed by atoms with E-state index in [4.69, 9.17) is 24.3 Å². The Morgan fingerprint density at radius 3 is 1.71 bits per heavy atom. The molecule has 0 heterocycles. The maximum atomic E-state index is 12.5. The molecule has 0 aromatic heterocycles. The first-order valence-electron chi connectivity index (χ1n) is 19.1. The van der Waals surface area contributed by atoms with Gasteiger partial charge in [0.1, 0.15) is 6.61 Å². The fourth-order valence-electron chi connectivity index (χ4n) is 4.88. The Morgan fingerprint density at radius 1 is 0.633 bits per heavy atom. The second-order valence-electron chi connectivity index (χ2n) is 12.4. The molecular weight excluding hydrogens is 641 g/mol. The molecule has 0 saturated carbocycles. The van der Waals surface area contributed by atoms with Crippen molar-refractivity contribution in [2.75, 3.05) is 26.4 Å². The summed E-state index contributed by atoms with van der Waals surface area (Å²) >= 11 is 0. The Balaban J connectivity index is 4.28. The van der Waals surface area contributed by atoms with E-state index in [-0.39, 0.29) is 32.6 Å². The smallest absolute Gasteiger partial charge is 0.462 e. The third kappa shape index (κ3) is 35.6. The highest BCUT2D eigenvalue weighted by molar-refractivity contribution is 7.47. The number of allylic oxidation sites excluding steroid dienone is 8. The first-order valence-corrected chi connectivity index (χ1v) is 20.6. The van der Waals surface area contributed by atoms with Crippen LogP contribution in [0, 0.1) is 0 Å². The van der Waals surface area contributed by atoms with Gasteiger partial charge in [-0.15, -0.1) is 0 Å². The SMILES string of the molecule is CC/C=C\C/C=C\C/C=C\CCCCCC(=O)OC(COC(=O)CCCCCCC/C=C\CCCCCCCC)COP(=O)(O)OCCN. The van der Waals surface area contributed by atoms with E-state index in [2.05, 4.69) is 62.5 Å². The highest BCUT2D eigenvalue weighted by Gasteiger charge is 2.25. The van der Waals surface area contributed by atoms with Gasteiger partial charge in [-0.2, -0.15) is 0 Å². The molecule has 49 heavy (non-hydrogen) atoms. The first kappa shape index (κ1) is 47.0. The average Bonchev–Trinajstić information content (AvgIpc) is 3.08. The maximum absolute atomic E-state index is 12.5. The van der Waals surface area contributed by atoms with Gasteiger partial charge in [-0.05, 0) is 70.6 Å². The Labute approximate surface area is 298 Å². The molecule has 0 spiro atoms. The van der Waals surface area contributed by atoms with E-state index in [1.54, 1.807) is 0 Å². The van der Waals surface area contributed by atoms with Crippen LogP contribution in [0.25, 0.3) is 0 Å². The second kappa shape index (κ2) is 35.8. The summed E-state index contributed by atoms with van der Waals surface area (Å²) in [4.78, 5) is 34.7. The molecule has 0 aliphatic carbocycles. The fourth-order valence-corrected chi connectivity index (χ4v) is 5.64. The molecule has 3 N–H and O–H groups in total. The molecule has 0 rings (SSSR count). The van der Waals surface area contributed by atoms with Crippen molar-refractivity contribution in [3.8, 4) is 0 Å². The van der Waals surface area contributed by atoms with E-state index in [0.29, 0.717) is 6.42 Å². The third-order valence-electron chi connectivity index (χ3n) is 7.70. The maximum Gasteiger partial charge on any atom is 0.472 e. The van der Waals surface area contributed by atoms with Gasteiger partial charge in [0.05, 0.1) is 13.2 Å². The summed E-state index contributed by atoms with van der Waals surface area (Å²) in [7, 11) is -4.38. The van der Waals surface area contributed by atoms with E-state index < -0.39 is 32.5 Å². The van der Waals surface area contributed by atoms with Gasteiger partial charge in [0.2, 0.25) is 0 Å². The number of phosphoric ester groups is 1. The van der Waals surface area contributed by atoms with E-state index in [1.165, 1.54) is 44.9 Å². The zero-order valence-corrected chi connectivity index (χ0v) is 31.8. The molecule has 0 bridgehead atoms. The number of carbonyl (C=O) groups excluding carboxylic acids is 2. The van der Waals surface area contributed by atoms with Crippen molar-refractivity contribution in [1.82, 2.24) is 0 Å². The first-order chi connectivity index (χ1) is 23.8. The molecule has 2 unspecified atom stereocenters. The van der Waals surface area contributed by atoms with Crippen molar-refractivity contribution in [3.63, 3.8) is 0 Å². The average molecular weight is 712 g/mol. The molecule has 0 aliphatic heterocycles. The number of hydrogen-bond acceptors (Lipinski definition) is 8. The van der Waals surface area contributed by atoms with Crippen molar-refractivity contribution in [2.45, 2.75) is 161 Å². The summed E-state index contributed by atoms with van der Waals surface area (Å²) in [6, 6.07) is 0. The zero-order valence-electron chi connectivity index (χ0n) is 30.9. The number of hydrogen-bond donors (Lipinski definition) is 2. The third-order valence-corrected chi connectivity index (χ3v) is 8.68. The monoisotopic (exact) mass is 711 g/mol. The largest absolute Gasteiger partial charge is 0.472 e. The summed E-state index contributed by atoms with van der Waals surface area (Å²) in [5, 5.41) is 0. The molecule has 9 nitrogen and oxygen atoms in total. The van der Waals surface area contributed by atoms with Gasteiger partial charge in [-0.1, -0.05) is 120 Å². The van der Waals surface area contributed by atoms with Crippen molar-refractivity contribution < 1.29 is 37.6 Å². The van der Waals surface area contributed by atoms with Crippen LogP contribution in [0.2, 0.25) is 0 Å². The van der Waals surface area contributed by atoms with Crippen LogP contribution in [0.1, 0.15) is 155 Å². The molecule has 0 amide bonds. The van der Waals surface area contributed by atoms with Crippen molar-refractivity contribution in [3.05, 3.63) is 48.6 Å². The number of ether oxygens (including phenoxy) is 2. The highest BCUT2D eigenvalue weighted by atomic mass is 31.2. The second-order valence-corrected chi connectivity index (χ2v) is 13.9. The topological polar surface area (TPSA) is 134 Å². The van der Waals surface area contributed by atoms with E-state index in [1.807, 2.05) is 0 Å². The number of phosphoric acid groups is 1. The molecule has 0 fully saturated rings. The Hall–Kier alpha value is -2.03. The lowest BCUT2D eigenvalue weighted by Crippen LogP contribution is -2.29. The van der Waals surface area contributed by atoms with Gasteiger partial charge < -0.3 is 20.1 Å². The van der Waals surface area contributed by atoms with E-state index >= 15 is 0 Å². The Kier molecular flexibility index (Phi) is 34.3. The van der Waals surface area contributed by atoms with Gasteiger partial charge in [-0.3, -0.25) is 18.6 Å². The predicted molar refractivity (Wildman–Crippen MR) is 201 cm³/mol. The summed E-state index contributed by atoms with van der Waals surface area (Å²) in [5.41, 5.74) is 5.33. The molecule has 10 heteroatoms. The van der Waals surface area contributed by atoms with Gasteiger partial charge in [-0.25, -0.2) is 4.57 Å². The molecule has 284 valence electrons. The quantitative estimate of drug-likeness (QED) is 0.0285. The van der Waals surface area contributed by atoms with Crippen molar-refractivity contribution in [1.29, 1.82) is 0 Å². The Morgan fingerprint density at radius 2 is 1.12 bits per heavy atom. The molecule has 0 aromatic rings. The molecule has 0 radical (unpaired) electrons. The minimum atomic E-state index is -4.38. The van der Waals surface area contributed by atoms with Gasteiger partial charge in [0.15, 0.2) is 6.10 Å². The molecule has 0 aromatic carbocycles. The van der Waals surface area contributed by atoms with Gasteiger partial charge in [0, 0.05) is 19.4 Å². The molecule has 2 atom stereocenters. The number of esters is 2. The van der Waals surface area contributed by atoms with Crippen LogP contribution in [0.3, 0.4) is 0 Å². The van der Waals surface area contributed by atoms with Crippen LogP contribution >= 0.6 is 7.82 Å². The van der Waals surface area contributed by atoms with Crippen molar-refractivity contribution >= 4 is 19.8 Å². The van der Waals surface area contributed by atoms with Crippen LogP contribution in [-0.4, -0.2) is 49.3 Å². The minimum Gasteiger partial charge on any atom is -0.462 e. The molecule has 0 aliphatic rings. The Bertz CT molecular complexity index is 949. The van der Waals surface area contributed by atoms with Crippen LogP contribution in [0.4, 0.5) is 0 Å². The highest BCUT2D eigenvalue weighted by Crippen LogP contribution is 2.43.